The van der Waals surface area contributed by atoms with E-state index in [0.717, 1.165) is 19.4 Å². The van der Waals surface area contributed by atoms with E-state index in [9.17, 15) is 4.79 Å². The molecule has 0 radical (unpaired) electrons. The van der Waals surface area contributed by atoms with Crippen LogP contribution in [0.15, 0.2) is 0 Å². The number of nitrogens with zero attached hydrogens (tertiary/aromatic N) is 2. The molecule has 1 amide bonds. The van der Waals surface area contributed by atoms with Crippen LogP contribution in [0.2, 0.25) is 0 Å². The summed E-state index contributed by atoms with van der Waals surface area (Å²) < 4.78 is 4.85. The van der Waals surface area contributed by atoms with Crippen LogP contribution in [0.4, 0.5) is 0 Å². The Bertz CT molecular complexity index is 284. The van der Waals surface area contributed by atoms with Crippen molar-refractivity contribution in [3.63, 3.8) is 0 Å². The standard InChI is InChI=1S/C13H25N3O2/c1-13(2,11-14)6-5-8-16(3)10-12(17)15-7-9-18-4/h5-10H2,1-4H3,(H,15,17). The molecule has 0 saturated carbocycles. The van der Waals surface area contributed by atoms with Gasteiger partial charge in [-0.2, -0.15) is 5.26 Å². The molecule has 0 spiro atoms. The molecule has 0 aliphatic rings. The summed E-state index contributed by atoms with van der Waals surface area (Å²) in [4.78, 5) is 13.5. The molecule has 0 saturated heterocycles. The van der Waals surface area contributed by atoms with Gasteiger partial charge in [0.15, 0.2) is 0 Å². The highest BCUT2D eigenvalue weighted by molar-refractivity contribution is 5.77. The van der Waals surface area contributed by atoms with Gasteiger partial charge >= 0.3 is 0 Å². The molecule has 1 N–H and O–H groups in total. The first-order valence-electron chi connectivity index (χ1n) is 6.26. The van der Waals surface area contributed by atoms with E-state index in [0.29, 0.717) is 19.7 Å². The average Bonchev–Trinajstić information content (AvgIpc) is 2.29. The minimum absolute atomic E-state index is 0.00842. The molecule has 0 aliphatic carbocycles. The molecule has 0 unspecified atom stereocenters. The Morgan fingerprint density at radius 2 is 2.17 bits per heavy atom. The molecule has 0 aromatic heterocycles. The number of ether oxygens (including phenoxy) is 1. The monoisotopic (exact) mass is 255 g/mol. The molecule has 0 fully saturated rings. The Labute approximate surface area is 110 Å². The van der Waals surface area contributed by atoms with Gasteiger partial charge in [-0.15, -0.1) is 0 Å². The van der Waals surface area contributed by atoms with Gasteiger partial charge in [0.2, 0.25) is 5.91 Å². The van der Waals surface area contributed by atoms with Crippen molar-refractivity contribution < 1.29 is 9.53 Å². The van der Waals surface area contributed by atoms with Crippen LogP contribution in [-0.4, -0.2) is 51.2 Å². The maximum absolute atomic E-state index is 11.5. The highest BCUT2D eigenvalue weighted by atomic mass is 16.5. The predicted octanol–water partition coefficient (Wildman–Crippen LogP) is 1.01. The van der Waals surface area contributed by atoms with E-state index in [1.54, 1.807) is 7.11 Å². The van der Waals surface area contributed by atoms with Gasteiger partial charge in [-0.3, -0.25) is 9.69 Å². The number of carbonyl (C=O) groups excluding carboxylic acids is 1. The van der Waals surface area contributed by atoms with Crippen molar-refractivity contribution in [1.29, 1.82) is 5.26 Å². The smallest absolute Gasteiger partial charge is 0.234 e. The molecular formula is C13H25N3O2. The van der Waals surface area contributed by atoms with E-state index in [2.05, 4.69) is 11.4 Å². The average molecular weight is 255 g/mol. The first kappa shape index (κ1) is 16.9. The third kappa shape index (κ3) is 8.97. The molecule has 0 bridgehead atoms. The number of methoxy groups -OCH3 is 1. The summed E-state index contributed by atoms with van der Waals surface area (Å²) in [5.74, 6) is 0.00842. The van der Waals surface area contributed by atoms with Gasteiger partial charge in [-0.1, -0.05) is 0 Å². The number of amides is 1. The summed E-state index contributed by atoms with van der Waals surface area (Å²) in [7, 11) is 3.52. The van der Waals surface area contributed by atoms with Crippen molar-refractivity contribution in [3.8, 4) is 6.07 Å². The van der Waals surface area contributed by atoms with Gasteiger partial charge in [-0.05, 0) is 40.3 Å². The number of nitrogens with one attached hydrogen (secondary N) is 1. The molecule has 0 aliphatic heterocycles. The summed E-state index contributed by atoms with van der Waals surface area (Å²) in [6, 6.07) is 2.28. The van der Waals surface area contributed by atoms with E-state index in [4.69, 9.17) is 10.00 Å². The van der Waals surface area contributed by atoms with Gasteiger partial charge in [0.05, 0.1) is 24.6 Å². The minimum Gasteiger partial charge on any atom is -0.383 e. The van der Waals surface area contributed by atoms with Crippen LogP contribution < -0.4 is 5.32 Å². The fourth-order valence-electron chi connectivity index (χ4n) is 1.52. The first-order chi connectivity index (χ1) is 8.41. The van der Waals surface area contributed by atoms with Crippen LogP contribution in [-0.2, 0) is 9.53 Å². The molecule has 104 valence electrons. The van der Waals surface area contributed by atoms with Crippen molar-refractivity contribution in [2.45, 2.75) is 26.7 Å². The Hall–Kier alpha value is -1.12. The number of nitriles is 1. The number of hydrogen-bond acceptors (Lipinski definition) is 4. The van der Waals surface area contributed by atoms with Crippen LogP contribution in [0.25, 0.3) is 0 Å². The lowest BCUT2D eigenvalue weighted by molar-refractivity contribution is -0.122. The van der Waals surface area contributed by atoms with Crippen molar-refractivity contribution in [3.05, 3.63) is 0 Å². The van der Waals surface area contributed by atoms with Gasteiger partial charge in [0.25, 0.3) is 0 Å². The largest absolute Gasteiger partial charge is 0.383 e. The maximum Gasteiger partial charge on any atom is 0.234 e. The van der Waals surface area contributed by atoms with E-state index < -0.39 is 0 Å². The molecule has 0 heterocycles. The van der Waals surface area contributed by atoms with Gasteiger partial charge in [-0.25, -0.2) is 0 Å². The summed E-state index contributed by atoms with van der Waals surface area (Å²) in [5, 5.41) is 11.7. The van der Waals surface area contributed by atoms with Gasteiger partial charge < -0.3 is 10.1 Å². The summed E-state index contributed by atoms with van der Waals surface area (Å²) in [5.41, 5.74) is -0.276. The van der Waals surface area contributed by atoms with Crippen LogP contribution in [0.1, 0.15) is 26.7 Å². The van der Waals surface area contributed by atoms with Crippen molar-refractivity contribution in [1.82, 2.24) is 10.2 Å². The number of likely N-dealkylation sites (N-methyl/N-ethyl adjacent to an activating group) is 1. The number of rotatable bonds is 9. The first-order valence-corrected chi connectivity index (χ1v) is 6.26. The fourth-order valence-corrected chi connectivity index (χ4v) is 1.52. The van der Waals surface area contributed by atoms with E-state index >= 15 is 0 Å². The molecule has 5 nitrogen and oxygen atoms in total. The molecule has 0 aromatic rings. The molecular weight excluding hydrogens is 230 g/mol. The van der Waals surface area contributed by atoms with E-state index in [-0.39, 0.29) is 11.3 Å². The second-order valence-electron chi connectivity index (χ2n) is 5.18. The quantitative estimate of drug-likeness (QED) is 0.624. The van der Waals surface area contributed by atoms with Crippen LogP contribution in [0, 0.1) is 16.7 Å². The zero-order chi connectivity index (χ0) is 14.0. The molecule has 0 atom stereocenters. The minimum atomic E-state index is -0.276. The summed E-state index contributed by atoms with van der Waals surface area (Å²) in [6.45, 7) is 6.16. The molecule has 5 heteroatoms. The highest BCUT2D eigenvalue weighted by Crippen LogP contribution is 2.20. The molecule has 18 heavy (non-hydrogen) atoms. The zero-order valence-corrected chi connectivity index (χ0v) is 12.0. The molecule has 0 aromatic carbocycles. The molecule has 0 rings (SSSR count). The lowest BCUT2D eigenvalue weighted by Gasteiger charge is -2.19. The normalized spacial score (nSPS) is 11.3. The van der Waals surface area contributed by atoms with Gasteiger partial charge in [0, 0.05) is 13.7 Å². The Morgan fingerprint density at radius 1 is 1.50 bits per heavy atom. The second-order valence-corrected chi connectivity index (χ2v) is 5.18. The predicted molar refractivity (Wildman–Crippen MR) is 71.0 cm³/mol. The maximum atomic E-state index is 11.5. The third-order valence-corrected chi connectivity index (χ3v) is 2.69. The van der Waals surface area contributed by atoms with Crippen LogP contribution in [0.5, 0.6) is 0 Å². The van der Waals surface area contributed by atoms with E-state index in [1.807, 2.05) is 25.8 Å². The number of hydrogen-bond donors (Lipinski definition) is 1. The Morgan fingerprint density at radius 3 is 2.72 bits per heavy atom. The van der Waals surface area contributed by atoms with Gasteiger partial charge in [0.1, 0.15) is 0 Å². The topological polar surface area (TPSA) is 65.4 Å². The fraction of sp³-hybridized carbons (Fsp3) is 0.846. The summed E-state index contributed by atoms with van der Waals surface area (Å²) >= 11 is 0. The van der Waals surface area contributed by atoms with Crippen molar-refractivity contribution >= 4 is 5.91 Å². The third-order valence-electron chi connectivity index (χ3n) is 2.69. The van der Waals surface area contributed by atoms with E-state index in [1.165, 1.54) is 0 Å². The SMILES string of the molecule is COCCNC(=O)CN(C)CCCC(C)(C)C#N. The highest BCUT2D eigenvalue weighted by Gasteiger charge is 2.16. The lowest BCUT2D eigenvalue weighted by Crippen LogP contribution is -2.37. The second kappa shape index (κ2) is 8.90. The van der Waals surface area contributed by atoms with Crippen molar-refractivity contribution in [2.75, 3.05) is 40.4 Å². The van der Waals surface area contributed by atoms with Crippen LogP contribution >= 0.6 is 0 Å². The Kier molecular flexibility index (Phi) is 8.34. The summed E-state index contributed by atoms with van der Waals surface area (Å²) in [6.07, 6.45) is 1.77. The van der Waals surface area contributed by atoms with Crippen LogP contribution in [0.3, 0.4) is 0 Å². The zero-order valence-electron chi connectivity index (χ0n) is 12.0. The Balaban J connectivity index is 3.68. The number of carbonyl (C=O) groups is 1. The van der Waals surface area contributed by atoms with Crippen molar-refractivity contribution in [2.24, 2.45) is 5.41 Å². The lowest BCUT2D eigenvalue weighted by atomic mass is 9.90.